The van der Waals surface area contributed by atoms with Gasteiger partial charge >= 0.3 is 0 Å². The van der Waals surface area contributed by atoms with Gasteiger partial charge in [0.2, 0.25) is 0 Å². The molecule has 0 unspecified atom stereocenters. The first-order valence-electron chi connectivity index (χ1n) is 8.21. The van der Waals surface area contributed by atoms with Gasteiger partial charge in [0.15, 0.2) is 0 Å². The summed E-state index contributed by atoms with van der Waals surface area (Å²) in [5.74, 6) is -0.182. The van der Waals surface area contributed by atoms with Crippen LogP contribution < -0.4 is 4.74 Å². The molecule has 2 aromatic carbocycles. The Morgan fingerprint density at radius 3 is 2.35 bits per heavy atom. The van der Waals surface area contributed by atoms with Gasteiger partial charge in [-0.25, -0.2) is 4.39 Å². The van der Waals surface area contributed by atoms with Crippen LogP contribution in [0.4, 0.5) is 4.39 Å². The predicted molar refractivity (Wildman–Crippen MR) is 102 cm³/mol. The van der Waals surface area contributed by atoms with Gasteiger partial charge < -0.3 is 14.5 Å². The molecule has 2 aromatic rings. The zero-order valence-electron chi connectivity index (χ0n) is 14.6. The third-order valence-corrected chi connectivity index (χ3v) is 5.17. The molecule has 7 heteroatoms. The van der Waals surface area contributed by atoms with Crippen LogP contribution in [0.2, 0.25) is 10.0 Å². The number of hydrogen-bond acceptors (Lipinski definition) is 3. The lowest BCUT2D eigenvalue weighted by molar-refractivity contribution is 0.0661. The van der Waals surface area contributed by atoms with Crippen molar-refractivity contribution in [2.75, 3.05) is 40.3 Å². The van der Waals surface area contributed by atoms with Crippen molar-refractivity contribution in [1.82, 2.24) is 9.80 Å². The summed E-state index contributed by atoms with van der Waals surface area (Å²) in [6.07, 6.45) is 0. The average molecular weight is 397 g/mol. The number of methoxy groups -OCH3 is 1. The summed E-state index contributed by atoms with van der Waals surface area (Å²) in [5, 5.41) is 0.695. The molecule has 1 aliphatic rings. The Morgan fingerprint density at radius 2 is 1.69 bits per heavy atom. The van der Waals surface area contributed by atoms with Crippen molar-refractivity contribution in [2.24, 2.45) is 0 Å². The van der Waals surface area contributed by atoms with Crippen LogP contribution in [0.5, 0.6) is 5.75 Å². The highest BCUT2D eigenvalue weighted by Gasteiger charge is 2.25. The summed E-state index contributed by atoms with van der Waals surface area (Å²) in [6, 6.07) is 7.25. The Labute approximate surface area is 162 Å². The number of ether oxygens (including phenoxy) is 1. The lowest BCUT2D eigenvalue weighted by atomic mass is 10.0. The third kappa shape index (κ3) is 3.80. The minimum Gasteiger partial charge on any atom is -0.496 e. The summed E-state index contributed by atoms with van der Waals surface area (Å²) in [7, 11) is 3.51. The van der Waals surface area contributed by atoms with Crippen LogP contribution in [-0.2, 0) is 0 Å². The molecule has 1 heterocycles. The quantitative estimate of drug-likeness (QED) is 0.779. The molecule has 0 spiro atoms. The third-order valence-electron chi connectivity index (χ3n) is 4.53. The van der Waals surface area contributed by atoms with Gasteiger partial charge in [-0.2, -0.15) is 0 Å². The van der Waals surface area contributed by atoms with Crippen LogP contribution in [0.15, 0.2) is 30.3 Å². The number of hydrogen-bond donors (Lipinski definition) is 0. The molecule has 0 saturated carbocycles. The number of carbonyl (C=O) groups is 1. The number of amides is 1. The Bertz CT molecular complexity index is 837. The van der Waals surface area contributed by atoms with Crippen molar-refractivity contribution in [2.45, 2.75) is 0 Å². The van der Waals surface area contributed by atoms with Crippen LogP contribution in [0.25, 0.3) is 11.1 Å². The minimum atomic E-state index is -0.428. The van der Waals surface area contributed by atoms with E-state index in [1.807, 2.05) is 7.05 Å². The highest BCUT2D eigenvalue weighted by atomic mass is 35.5. The van der Waals surface area contributed by atoms with E-state index in [0.717, 1.165) is 13.1 Å². The van der Waals surface area contributed by atoms with Crippen molar-refractivity contribution in [3.63, 3.8) is 0 Å². The largest absolute Gasteiger partial charge is 0.496 e. The summed E-state index contributed by atoms with van der Waals surface area (Å²) < 4.78 is 19.0. The van der Waals surface area contributed by atoms with E-state index in [0.29, 0.717) is 45.6 Å². The lowest BCUT2D eigenvalue weighted by Gasteiger charge is -2.32. The fraction of sp³-hybridized carbons (Fsp3) is 0.316. The Kier molecular flexibility index (Phi) is 5.70. The van der Waals surface area contributed by atoms with Crippen molar-refractivity contribution in [1.29, 1.82) is 0 Å². The fourth-order valence-electron chi connectivity index (χ4n) is 2.98. The molecular formula is C19H19Cl2FN2O2. The van der Waals surface area contributed by atoms with Crippen molar-refractivity contribution in [3.05, 3.63) is 51.8 Å². The molecule has 0 bridgehead atoms. The Hall–Kier alpha value is -1.82. The second kappa shape index (κ2) is 7.82. The molecule has 0 radical (unpaired) electrons. The van der Waals surface area contributed by atoms with Crippen LogP contribution >= 0.6 is 23.2 Å². The molecule has 1 amide bonds. The molecule has 0 aromatic heterocycles. The van der Waals surface area contributed by atoms with Crippen molar-refractivity contribution in [3.8, 4) is 16.9 Å². The molecule has 0 aliphatic carbocycles. The number of benzene rings is 2. The molecule has 4 nitrogen and oxygen atoms in total. The molecule has 138 valence electrons. The van der Waals surface area contributed by atoms with Gasteiger partial charge in [-0.3, -0.25) is 4.79 Å². The number of nitrogens with zero attached hydrogens (tertiary/aromatic N) is 2. The maximum Gasteiger partial charge on any atom is 0.257 e. The standard InChI is InChI=1S/C19H19Cl2FN2O2/c1-23-5-7-24(8-6-23)19(25)15-10-14(17(21)11-18(15)26-2)13-9-12(22)3-4-16(13)20/h3-4,9-11H,5-8H2,1-2H3. The normalized spacial score (nSPS) is 15.2. The second-order valence-electron chi connectivity index (χ2n) is 6.25. The maximum absolute atomic E-state index is 13.7. The first kappa shape index (κ1) is 19.0. The van der Waals surface area contributed by atoms with Gasteiger partial charge in [-0.15, -0.1) is 0 Å². The fourth-order valence-corrected chi connectivity index (χ4v) is 3.46. The molecule has 1 fully saturated rings. The van der Waals surface area contributed by atoms with Gasteiger partial charge in [0.1, 0.15) is 11.6 Å². The van der Waals surface area contributed by atoms with Crippen molar-refractivity contribution >= 4 is 29.1 Å². The Morgan fingerprint density at radius 1 is 1.04 bits per heavy atom. The number of likely N-dealkylation sites (N-methyl/N-ethyl adjacent to an activating group) is 1. The summed E-state index contributed by atoms with van der Waals surface area (Å²) in [4.78, 5) is 17.0. The summed E-state index contributed by atoms with van der Waals surface area (Å²) >= 11 is 12.6. The maximum atomic E-state index is 13.7. The first-order valence-corrected chi connectivity index (χ1v) is 8.97. The van der Waals surface area contributed by atoms with Crippen LogP contribution in [0.3, 0.4) is 0 Å². The van der Waals surface area contributed by atoms with E-state index in [4.69, 9.17) is 27.9 Å². The van der Waals surface area contributed by atoms with E-state index in [2.05, 4.69) is 4.90 Å². The summed E-state index contributed by atoms with van der Waals surface area (Å²) in [6.45, 7) is 2.89. The van der Waals surface area contributed by atoms with Crippen molar-refractivity contribution < 1.29 is 13.9 Å². The number of halogens is 3. The molecule has 1 saturated heterocycles. The minimum absolute atomic E-state index is 0.139. The Balaban J connectivity index is 2.05. The van der Waals surface area contributed by atoms with Gasteiger partial charge in [0, 0.05) is 48.4 Å². The average Bonchev–Trinajstić information content (AvgIpc) is 2.63. The SMILES string of the molecule is COc1cc(Cl)c(-c2cc(F)ccc2Cl)cc1C(=O)N1CCN(C)CC1. The lowest BCUT2D eigenvalue weighted by Crippen LogP contribution is -2.47. The monoisotopic (exact) mass is 396 g/mol. The highest BCUT2D eigenvalue weighted by Crippen LogP contribution is 2.38. The van der Waals surface area contributed by atoms with E-state index < -0.39 is 5.82 Å². The molecular weight excluding hydrogens is 378 g/mol. The van der Waals surface area contributed by atoms with Crippen LogP contribution in [0.1, 0.15) is 10.4 Å². The van der Waals surface area contributed by atoms with Gasteiger partial charge in [0.25, 0.3) is 5.91 Å². The predicted octanol–water partition coefficient (Wildman–Crippen LogP) is 4.20. The molecule has 3 rings (SSSR count). The van der Waals surface area contributed by atoms with E-state index in [-0.39, 0.29) is 5.91 Å². The highest BCUT2D eigenvalue weighted by molar-refractivity contribution is 6.36. The van der Waals surface area contributed by atoms with Gasteiger partial charge in [-0.05, 0) is 31.3 Å². The zero-order chi connectivity index (χ0) is 18.8. The second-order valence-corrected chi connectivity index (χ2v) is 7.07. The molecule has 0 atom stereocenters. The van der Waals surface area contributed by atoms with Crippen LogP contribution in [0, 0.1) is 5.82 Å². The number of carbonyl (C=O) groups excluding carboxylic acids is 1. The van der Waals surface area contributed by atoms with Crippen LogP contribution in [-0.4, -0.2) is 56.0 Å². The number of piperazine rings is 1. The number of rotatable bonds is 3. The van der Waals surface area contributed by atoms with E-state index in [9.17, 15) is 9.18 Å². The van der Waals surface area contributed by atoms with E-state index in [1.54, 1.807) is 17.0 Å². The first-order chi connectivity index (χ1) is 12.4. The molecule has 26 heavy (non-hydrogen) atoms. The van der Waals surface area contributed by atoms with Gasteiger partial charge in [0.05, 0.1) is 17.7 Å². The van der Waals surface area contributed by atoms with Gasteiger partial charge in [-0.1, -0.05) is 23.2 Å². The summed E-state index contributed by atoms with van der Waals surface area (Å²) in [5.41, 5.74) is 1.32. The topological polar surface area (TPSA) is 32.8 Å². The smallest absolute Gasteiger partial charge is 0.257 e. The molecule has 1 aliphatic heterocycles. The zero-order valence-corrected chi connectivity index (χ0v) is 16.1. The van der Waals surface area contributed by atoms with E-state index >= 15 is 0 Å². The van der Waals surface area contributed by atoms with E-state index in [1.165, 1.54) is 25.3 Å². The molecule has 0 N–H and O–H groups in total.